The van der Waals surface area contributed by atoms with Gasteiger partial charge in [-0.15, -0.1) is 5.10 Å². The van der Waals surface area contributed by atoms with Gasteiger partial charge in [-0.1, -0.05) is 17.7 Å². The van der Waals surface area contributed by atoms with Crippen molar-refractivity contribution in [3.05, 3.63) is 41.5 Å². The van der Waals surface area contributed by atoms with E-state index in [-0.39, 0.29) is 28.6 Å². The van der Waals surface area contributed by atoms with Gasteiger partial charge in [0, 0.05) is 25.2 Å². The summed E-state index contributed by atoms with van der Waals surface area (Å²) in [4.78, 5) is 12.1. The maximum atomic E-state index is 13.7. The van der Waals surface area contributed by atoms with E-state index in [1.54, 1.807) is 17.8 Å². The molecule has 30 heavy (non-hydrogen) atoms. The Morgan fingerprint density at radius 2 is 2.07 bits per heavy atom. The third kappa shape index (κ3) is 4.54. The molecule has 0 bridgehead atoms. The maximum absolute atomic E-state index is 13.7. The number of carbonyl (C=O) groups excluding carboxylic acids is 1. The molecule has 0 radical (unpaired) electrons. The molecule has 1 atom stereocenters. The molecule has 0 unspecified atom stereocenters. The number of benzene rings is 1. The maximum Gasteiger partial charge on any atom is 0.273 e. The number of amides is 1. The average molecular weight is 436 g/mol. The minimum absolute atomic E-state index is 0.0224. The zero-order valence-corrected chi connectivity index (χ0v) is 17.7. The molecule has 0 spiro atoms. The predicted octanol–water partition coefficient (Wildman–Crippen LogP) is 2.25. The number of carbonyl (C=O) groups is 1. The minimum atomic E-state index is -3.80. The lowest BCUT2D eigenvalue weighted by Gasteiger charge is -2.35. The molecule has 162 valence electrons. The number of halogens is 1. The Morgan fingerprint density at radius 3 is 2.83 bits per heavy atom. The van der Waals surface area contributed by atoms with Gasteiger partial charge in [-0.25, -0.2) is 12.8 Å². The van der Waals surface area contributed by atoms with Crippen molar-refractivity contribution in [3.8, 4) is 0 Å². The van der Waals surface area contributed by atoms with E-state index >= 15 is 0 Å². The second-order valence-corrected chi connectivity index (χ2v) is 9.94. The van der Waals surface area contributed by atoms with Gasteiger partial charge in [-0.05, 0) is 56.7 Å². The summed E-state index contributed by atoms with van der Waals surface area (Å²) in [6.45, 7) is 2.53. The van der Waals surface area contributed by atoms with Crippen LogP contribution in [0.1, 0.15) is 54.6 Å². The SMILES string of the molecule is Cc1ccc(F)cc1S(=O)(=O)N1CCCC[C@@H]1CCn1cc(C(=O)NC2CC2)nn1. The third-order valence-corrected chi connectivity index (χ3v) is 7.78. The number of aryl methyl sites for hydroxylation is 2. The van der Waals surface area contributed by atoms with E-state index in [9.17, 15) is 17.6 Å². The fraction of sp³-hybridized carbons (Fsp3) is 0.550. The van der Waals surface area contributed by atoms with Crippen LogP contribution in [-0.2, 0) is 16.6 Å². The normalized spacial score (nSPS) is 20.3. The average Bonchev–Trinajstić information content (AvgIpc) is 3.41. The highest BCUT2D eigenvalue weighted by atomic mass is 32.2. The number of nitrogens with one attached hydrogen (secondary N) is 1. The molecular weight excluding hydrogens is 409 g/mol. The first kappa shape index (κ1) is 20.9. The van der Waals surface area contributed by atoms with Gasteiger partial charge in [0.2, 0.25) is 10.0 Å². The quantitative estimate of drug-likeness (QED) is 0.720. The van der Waals surface area contributed by atoms with Gasteiger partial charge in [-0.2, -0.15) is 4.31 Å². The van der Waals surface area contributed by atoms with Crippen molar-refractivity contribution in [1.82, 2.24) is 24.6 Å². The van der Waals surface area contributed by atoms with Crippen LogP contribution in [0.5, 0.6) is 0 Å². The van der Waals surface area contributed by atoms with Crippen LogP contribution in [0.25, 0.3) is 0 Å². The van der Waals surface area contributed by atoms with Crippen LogP contribution in [0, 0.1) is 12.7 Å². The summed E-state index contributed by atoms with van der Waals surface area (Å²) in [6, 6.07) is 3.89. The lowest BCUT2D eigenvalue weighted by molar-refractivity contribution is 0.0946. The second-order valence-electron chi connectivity index (χ2n) is 8.08. The van der Waals surface area contributed by atoms with Crippen LogP contribution < -0.4 is 5.32 Å². The lowest BCUT2D eigenvalue weighted by Crippen LogP contribution is -2.44. The standard InChI is InChI=1S/C20H26FN5O3S/c1-14-5-6-15(21)12-19(14)30(28,29)26-10-3-2-4-17(26)9-11-25-13-18(23-24-25)20(27)22-16-7-8-16/h5-6,12-13,16-17H,2-4,7-11H2,1H3,(H,22,27)/t17-/m1/s1. The molecule has 2 fully saturated rings. The minimum Gasteiger partial charge on any atom is -0.348 e. The highest BCUT2D eigenvalue weighted by Gasteiger charge is 2.34. The van der Waals surface area contributed by atoms with Crippen LogP contribution >= 0.6 is 0 Å². The molecule has 1 saturated carbocycles. The van der Waals surface area contributed by atoms with Crippen LogP contribution in [0.15, 0.2) is 29.3 Å². The first-order chi connectivity index (χ1) is 14.3. The molecule has 2 aliphatic rings. The van der Waals surface area contributed by atoms with E-state index in [0.717, 1.165) is 38.2 Å². The largest absolute Gasteiger partial charge is 0.348 e. The van der Waals surface area contributed by atoms with Crippen molar-refractivity contribution in [3.63, 3.8) is 0 Å². The topological polar surface area (TPSA) is 97.2 Å². The Kier molecular flexibility index (Phi) is 5.88. The lowest BCUT2D eigenvalue weighted by atomic mass is 10.0. The van der Waals surface area contributed by atoms with Crippen LogP contribution in [0.4, 0.5) is 4.39 Å². The highest BCUT2D eigenvalue weighted by molar-refractivity contribution is 7.89. The summed E-state index contributed by atoms with van der Waals surface area (Å²) < 4.78 is 43.3. The van der Waals surface area contributed by atoms with Crippen molar-refractivity contribution >= 4 is 15.9 Å². The molecular formula is C20H26FN5O3S. The van der Waals surface area contributed by atoms with Crippen molar-refractivity contribution in [2.45, 2.75) is 69.0 Å². The Balaban J connectivity index is 1.45. The predicted molar refractivity (Wildman–Crippen MR) is 108 cm³/mol. The zero-order chi connectivity index (χ0) is 21.3. The monoisotopic (exact) mass is 435 g/mol. The molecule has 8 nitrogen and oxygen atoms in total. The molecule has 1 aliphatic heterocycles. The Morgan fingerprint density at radius 1 is 1.27 bits per heavy atom. The van der Waals surface area contributed by atoms with Crippen molar-refractivity contribution < 1.29 is 17.6 Å². The summed E-state index contributed by atoms with van der Waals surface area (Å²) in [5.74, 6) is -0.792. The van der Waals surface area contributed by atoms with E-state index in [0.29, 0.717) is 25.1 Å². The third-order valence-electron chi connectivity index (χ3n) is 5.69. The summed E-state index contributed by atoms with van der Waals surface area (Å²) in [5.41, 5.74) is 0.800. The molecule has 1 aliphatic carbocycles. The number of nitrogens with zero attached hydrogens (tertiary/aromatic N) is 4. The molecule has 2 aromatic rings. The molecule has 10 heteroatoms. The van der Waals surface area contributed by atoms with Crippen LogP contribution in [-0.4, -0.2) is 52.3 Å². The van der Waals surface area contributed by atoms with Gasteiger partial charge in [0.05, 0.1) is 11.1 Å². The van der Waals surface area contributed by atoms with Gasteiger partial charge in [0.25, 0.3) is 5.91 Å². The smallest absolute Gasteiger partial charge is 0.273 e. The number of hydrogen-bond acceptors (Lipinski definition) is 5. The van der Waals surface area contributed by atoms with Crippen LogP contribution in [0.2, 0.25) is 0 Å². The highest BCUT2D eigenvalue weighted by Crippen LogP contribution is 2.29. The van der Waals surface area contributed by atoms with E-state index in [4.69, 9.17) is 0 Å². The fourth-order valence-corrected chi connectivity index (χ4v) is 5.80. The van der Waals surface area contributed by atoms with Gasteiger partial charge < -0.3 is 5.32 Å². The Bertz CT molecular complexity index is 1030. The van der Waals surface area contributed by atoms with E-state index in [1.165, 1.54) is 16.4 Å². The molecule has 2 heterocycles. The Hall–Kier alpha value is -2.33. The Labute approximate surface area is 175 Å². The number of hydrogen-bond donors (Lipinski definition) is 1. The van der Waals surface area contributed by atoms with Crippen molar-refractivity contribution in [1.29, 1.82) is 0 Å². The fourth-order valence-electron chi connectivity index (χ4n) is 3.84. The number of aromatic nitrogens is 3. The van der Waals surface area contributed by atoms with E-state index in [2.05, 4.69) is 15.6 Å². The van der Waals surface area contributed by atoms with Gasteiger partial charge in [-0.3, -0.25) is 9.48 Å². The summed E-state index contributed by atoms with van der Waals surface area (Å²) in [5, 5.41) is 10.8. The molecule has 1 aromatic carbocycles. The van der Waals surface area contributed by atoms with Gasteiger partial charge in [0.1, 0.15) is 5.82 Å². The molecule has 4 rings (SSSR count). The number of rotatable bonds is 7. The summed E-state index contributed by atoms with van der Waals surface area (Å²) >= 11 is 0. The first-order valence-electron chi connectivity index (χ1n) is 10.3. The van der Waals surface area contributed by atoms with Crippen molar-refractivity contribution in [2.24, 2.45) is 0 Å². The van der Waals surface area contributed by atoms with E-state index < -0.39 is 15.8 Å². The first-order valence-corrected chi connectivity index (χ1v) is 11.8. The van der Waals surface area contributed by atoms with E-state index in [1.807, 2.05) is 0 Å². The van der Waals surface area contributed by atoms with Gasteiger partial charge >= 0.3 is 0 Å². The molecule has 1 amide bonds. The number of sulfonamides is 1. The molecule has 1 aromatic heterocycles. The van der Waals surface area contributed by atoms with Crippen molar-refractivity contribution in [2.75, 3.05) is 6.54 Å². The van der Waals surface area contributed by atoms with Crippen LogP contribution in [0.3, 0.4) is 0 Å². The summed E-state index contributed by atoms with van der Waals surface area (Å²) in [7, 11) is -3.80. The summed E-state index contributed by atoms with van der Waals surface area (Å²) in [6.07, 6.45) is 6.57. The second kappa shape index (κ2) is 8.43. The van der Waals surface area contributed by atoms with Gasteiger partial charge in [0.15, 0.2) is 5.69 Å². The molecule has 1 saturated heterocycles. The number of piperidine rings is 1. The zero-order valence-electron chi connectivity index (χ0n) is 16.9. The molecule has 1 N–H and O–H groups in total.